The molecule has 110 valence electrons. The number of likely N-dealkylation sites (tertiary alicyclic amines) is 1. The molecule has 0 bridgehead atoms. The molecule has 1 amide bonds. The first-order valence-electron chi connectivity index (χ1n) is 7.21. The third kappa shape index (κ3) is 4.04. The normalized spacial score (nSPS) is 19.1. The largest absolute Gasteiger partial charge is 0.375 e. The molecule has 1 aliphatic rings. The number of hydrogen-bond donors (Lipinski definition) is 0. The van der Waals surface area contributed by atoms with E-state index in [0.29, 0.717) is 5.92 Å². The zero-order valence-electron chi connectivity index (χ0n) is 12.0. The van der Waals surface area contributed by atoms with E-state index < -0.39 is 0 Å². The van der Waals surface area contributed by atoms with Gasteiger partial charge in [0.25, 0.3) is 0 Å². The molecule has 1 heterocycles. The fourth-order valence-corrected chi connectivity index (χ4v) is 2.80. The van der Waals surface area contributed by atoms with E-state index in [1.807, 2.05) is 17.0 Å². The van der Waals surface area contributed by atoms with Gasteiger partial charge in [-0.3, -0.25) is 4.79 Å². The van der Waals surface area contributed by atoms with Crippen molar-refractivity contribution in [2.24, 2.45) is 5.92 Å². The molecule has 3 nitrogen and oxygen atoms in total. The lowest BCUT2D eigenvalue weighted by Crippen LogP contribution is -2.41. The SMILES string of the molecule is COCC(=O)N1CCCC(CCc2ccccc2F)C1. The molecule has 0 spiro atoms. The van der Waals surface area contributed by atoms with Crippen molar-refractivity contribution in [2.45, 2.75) is 25.7 Å². The van der Waals surface area contributed by atoms with Crippen LogP contribution in [0.4, 0.5) is 4.39 Å². The number of rotatable bonds is 5. The van der Waals surface area contributed by atoms with E-state index in [4.69, 9.17) is 4.74 Å². The number of halogens is 1. The van der Waals surface area contributed by atoms with Crippen molar-refractivity contribution in [2.75, 3.05) is 26.8 Å². The Morgan fingerprint density at radius 3 is 3.00 bits per heavy atom. The van der Waals surface area contributed by atoms with Crippen LogP contribution in [0.1, 0.15) is 24.8 Å². The first-order valence-corrected chi connectivity index (χ1v) is 7.21. The summed E-state index contributed by atoms with van der Waals surface area (Å²) in [7, 11) is 1.54. The topological polar surface area (TPSA) is 29.5 Å². The molecular formula is C16H22FNO2. The highest BCUT2D eigenvalue weighted by atomic mass is 19.1. The Labute approximate surface area is 119 Å². The first-order chi connectivity index (χ1) is 9.70. The number of carbonyl (C=O) groups is 1. The Kier molecular flexibility index (Phi) is 5.53. The molecule has 0 N–H and O–H groups in total. The number of aryl methyl sites for hydroxylation is 1. The van der Waals surface area contributed by atoms with E-state index in [0.717, 1.165) is 44.3 Å². The molecule has 1 atom stereocenters. The maximum absolute atomic E-state index is 13.6. The maximum Gasteiger partial charge on any atom is 0.248 e. The maximum atomic E-state index is 13.6. The van der Waals surface area contributed by atoms with Crippen molar-refractivity contribution in [1.82, 2.24) is 4.90 Å². The predicted molar refractivity (Wildman–Crippen MR) is 75.9 cm³/mol. The Morgan fingerprint density at radius 2 is 2.25 bits per heavy atom. The van der Waals surface area contributed by atoms with E-state index in [2.05, 4.69) is 0 Å². The van der Waals surface area contributed by atoms with Gasteiger partial charge in [0.15, 0.2) is 0 Å². The van der Waals surface area contributed by atoms with E-state index >= 15 is 0 Å². The van der Waals surface area contributed by atoms with Gasteiger partial charge < -0.3 is 9.64 Å². The monoisotopic (exact) mass is 279 g/mol. The molecule has 0 saturated carbocycles. The average Bonchev–Trinajstić information content (AvgIpc) is 2.47. The Bertz CT molecular complexity index is 450. The number of hydrogen-bond acceptors (Lipinski definition) is 2. The molecule has 1 aliphatic heterocycles. The minimum Gasteiger partial charge on any atom is -0.375 e. The minimum absolute atomic E-state index is 0.0584. The standard InChI is InChI=1S/C16H22FNO2/c1-20-12-16(19)18-10-4-5-13(11-18)8-9-14-6-2-3-7-15(14)17/h2-3,6-7,13H,4-5,8-12H2,1H3. The zero-order chi connectivity index (χ0) is 14.4. The number of nitrogens with zero attached hydrogens (tertiary/aromatic N) is 1. The molecule has 2 rings (SSSR count). The van der Waals surface area contributed by atoms with Crippen molar-refractivity contribution < 1.29 is 13.9 Å². The van der Waals surface area contributed by atoms with Crippen LogP contribution in [-0.2, 0) is 16.0 Å². The number of amides is 1. The first kappa shape index (κ1) is 15.0. The molecule has 20 heavy (non-hydrogen) atoms. The highest BCUT2D eigenvalue weighted by molar-refractivity contribution is 5.77. The van der Waals surface area contributed by atoms with Gasteiger partial charge in [-0.25, -0.2) is 4.39 Å². The van der Waals surface area contributed by atoms with Crippen LogP contribution in [-0.4, -0.2) is 37.6 Å². The summed E-state index contributed by atoms with van der Waals surface area (Å²) in [4.78, 5) is 13.7. The average molecular weight is 279 g/mol. The van der Waals surface area contributed by atoms with Crippen LogP contribution in [0.3, 0.4) is 0 Å². The van der Waals surface area contributed by atoms with Crippen molar-refractivity contribution in [1.29, 1.82) is 0 Å². The van der Waals surface area contributed by atoms with E-state index in [9.17, 15) is 9.18 Å². The third-order valence-electron chi connectivity index (χ3n) is 3.92. The fraction of sp³-hybridized carbons (Fsp3) is 0.562. The number of benzene rings is 1. The third-order valence-corrected chi connectivity index (χ3v) is 3.92. The lowest BCUT2D eigenvalue weighted by Gasteiger charge is -2.32. The van der Waals surface area contributed by atoms with Crippen molar-refractivity contribution >= 4 is 5.91 Å². The van der Waals surface area contributed by atoms with Crippen LogP contribution in [0, 0.1) is 11.7 Å². The van der Waals surface area contributed by atoms with Gasteiger partial charge >= 0.3 is 0 Å². The Hall–Kier alpha value is -1.42. The predicted octanol–water partition coefficient (Wildman–Crippen LogP) is 2.64. The molecule has 0 radical (unpaired) electrons. The molecule has 1 saturated heterocycles. The molecule has 1 aromatic carbocycles. The van der Waals surface area contributed by atoms with Gasteiger partial charge in [-0.15, -0.1) is 0 Å². The highest BCUT2D eigenvalue weighted by Crippen LogP contribution is 2.22. The van der Waals surface area contributed by atoms with Gasteiger partial charge in [0.1, 0.15) is 12.4 Å². The zero-order valence-corrected chi connectivity index (χ0v) is 12.0. The molecule has 1 unspecified atom stereocenters. The summed E-state index contributed by atoms with van der Waals surface area (Å²) in [5.41, 5.74) is 0.771. The summed E-state index contributed by atoms with van der Waals surface area (Å²) in [5.74, 6) is 0.392. The summed E-state index contributed by atoms with van der Waals surface area (Å²) in [5, 5.41) is 0. The quantitative estimate of drug-likeness (QED) is 0.829. The van der Waals surface area contributed by atoms with Crippen molar-refractivity contribution in [3.8, 4) is 0 Å². The summed E-state index contributed by atoms with van der Waals surface area (Å²) in [6.45, 7) is 1.75. The van der Waals surface area contributed by atoms with Gasteiger partial charge in [-0.1, -0.05) is 18.2 Å². The van der Waals surface area contributed by atoms with Crippen molar-refractivity contribution in [3.63, 3.8) is 0 Å². The lowest BCUT2D eigenvalue weighted by molar-refractivity contribution is -0.137. The second kappa shape index (κ2) is 7.39. The summed E-state index contributed by atoms with van der Waals surface area (Å²) in [6, 6.07) is 6.93. The number of ether oxygens (including phenoxy) is 1. The van der Waals surface area contributed by atoms with Crippen LogP contribution in [0.25, 0.3) is 0 Å². The second-order valence-electron chi connectivity index (χ2n) is 5.41. The van der Waals surface area contributed by atoms with Crippen LogP contribution in [0.5, 0.6) is 0 Å². The number of carbonyl (C=O) groups excluding carboxylic acids is 1. The molecule has 1 aromatic rings. The van der Waals surface area contributed by atoms with Crippen molar-refractivity contribution in [3.05, 3.63) is 35.6 Å². The van der Waals surface area contributed by atoms with E-state index in [-0.39, 0.29) is 18.3 Å². The van der Waals surface area contributed by atoms with Gasteiger partial charge in [0, 0.05) is 20.2 Å². The molecule has 4 heteroatoms. The summed E-state index contributed by atoms with van der Waals surface area (Å²) < 4.78 is 18.5. The Balaban J connectivity index is 1.84. The van der Waals surface area contributed by atoms with Crippen LogP contribution >= 0.6 is 0 Å². The van der Waals surface area contributed by atoms with Crippen LogP contribution < -0.4 is 0 Å². The van der Waals surface area contributed by atoms with E-state index in [1.165, 1.54) is 13.2 Å². The summed E-state index contributed by atoms with van der Waals surface area (Å²) >= 11 is 0. The molecule has 1 fully saturated rings. The molecular weight excluding hydrogens is 257 g/mol. The molecule has 0 aromatic heterocycles. The van der Waals surface area contributed by atoms with Gasteiger partial charge in [0.05, 0.1) is 0 Å². The fourth-order valence-electron chi connectivity index (χ4n) is 2.80. The highest BCUT2D eigenvalue weighted by Gasteiger charge is 2.23. The summed E-state index contributed by atoms with van der Waals surface area (Å²) in [6.07, 6.45) is 3.81. The molecule has 0 aliphatic carbocycles. The Morgan fingerprint density at radius 1 is 1.45 bits per heavy atom. The van der Waals surface area contributed by atoms with E-state index in [1.54, 1.807) is 6.07 Å². The minimum atomic E-state index is -0.129. The van der Waals surface area contributed by atoms with Crippen LogP contribution in [0.15, 0.2) is 24.3 Å². The number of methoxy groups -OCH3 is 1. The second-order valence-corrected chi connectivity index (χ2v) is 5.41. The number of piperidine rings is 1. The lowest BCUT2D eigenvalue weighted by atomic mass is 9.91. The van der Waals surface area contributed by atoms with Gasteiger partial charge in [-0.05, 0) is 43.2 Å². The van der Waals surface area contributed by atoms with Gasteiger partial charge in [0.2, 0.25) is 5.91 Å². The smallest absolute Gasteiger partial charge is 0.248 e. The van der Waals surface area contributed by atoms with Gasteiger partial charge in [-0.2, -0.15) is 0 Å². The van der Waals surface area contributed by atoms with Crippen LogP contribution in [0.2, 0.25) is 0 Å².